The number of morpholine rings is 1. The zero-order valence-corrected chi connectivity index (χ0v) is 15.7. The Kier molecular flexibility index (Phi) is 7.33. The summed E-state index contributed by atoms with van der Waals surface area (Å²) in [5.74, 6) is 2.04. The van der Waals surface area contributed by atoms with Crippen molar-refractivity contribution in [2.45, 2.75) is 78.3 Å². The van der Waals surface area contributed by atoms with Crippen molar-refractivity contribution < 1.29 is 14.6 Å². The lowest BCUT2D eigenvalue weighted by molar-refractivity contribution is -0.0974. The van der Waals surface area contributed by atoms with Gasteiger partial charge >= 0.3 is 0 Å². The minimum Gasteiger partial charge on any atom is -0.389 e. The summed E-state index contributed by atoms with van der Waals surface area (Å²) in [5, 5.41) is 10.4. The number of hydrogen-bond acceptors (Lipinski definition) is 4. The molecule has 1 aliphatic heterocycles. The van der Waals surface area contributed by atoms with E-state index in [1.807, 2.05) is 0 Å². The predicted molar refractivity (Wildman–Crippen MR) is 93.5 cm³/mol. The molecule has 0 bridgehead atoms. The second-order valence-corrected chi connectivity index (χ2v) is 8.33. The quantitative estimate of drug-likeness (QED) is 0.814. The molecule has 1 saturated heterocycles. The minimum atomic E-state index is -0.405. The van der Waals surface area contributed by atoms with Crippen molar-refractivity contribution in [2.75, 3.05) is 26.2 Å². The van der Waals surface area contributed by atoms with E-state index in [0.29, 0.717) is 31.1 Å². The fraction of sp³-hybridized carbons (Fsp3) is 1.00. The lowest BCUT2D eigenvalue weighted by atomic mass is 9.75. The Morgan fingerprint density at radius 3 is 2.39 bits per heavy atom. The molecule has 0 aromatic carbocycles. The van der Waals surface area contributed by atoms with Crippen LogP contribution in [0.2, 0.25) is 0 Å². The maximum Gasteiger partial charge on any atom is 0.0900 e. The number of ether oxygens (including phenoxy) is 2. The first-order valence-corrected chi connectivity index (χ1v) is 9.52. The van der Waals surface area contributed by atoms with E-state index in [9.17, 15) is 5.11 Å². The van der Waals surface area contributed by atoms with Crippen LogP contribution in [0, 0.1) is 17.8 Å². The molecule has 2 rings (SSSR count). The third-order valence-corrected chi connectivity index (χ3v) is 5.43. The maximum absolute atomic E-state index is 10.4. The van der Waals surface area contributed by atoms with Gasteiger partial charge in [-0.15, -0.1) is 0 Å². The van der Waals surface area contributed by atoms with Crippen LogP contribution in [0.4, 0.5) is 0 Å². The van der Waals surface area contributed by atoms with E-state index in [1.165, 1.54) is 12.8 Å². The standard InChI is InChI=1S/C19H37NO3/c1-13(2)18-7-6-14(3)8-19(18)22-12-17(21)11-20-9-15(4)23-16(5)10-20/h13-19,21H,6-12H2,1-5H3/t14-,15-,16-,17-,18-,19-/m1/s1. The highest BCUT2D eigenvalue weighted by Crippen LogP contribution is 2.35. The van der Waals surface area contributed by atoms with Gasteiger partial charge in [-0.1, -0.05) is 27.2 Å². The summed E-state index contributed by atoms with van der Waals surface area (Å²) in [6.45, 7) is 14.1. The molecule has 2 fully saturated rings. The van der Waals surface area contributed by atoms with Gasteiger partial charge in [0, 0.05) is 19.6 Å². The molecule has 1 saturated carbocycles. The SMILES string of the molecule is CC(C)[C@H]1CC[C@@H](C)C[C@H]1OC[C@H](O)CN1C[C@@H](C)O[C@H](C)C1. The van der Waals surface area contributed by atoms with Crippen LogP contribution in [0.15, 0.2) is 0 Å². The number of hydrogen-bond donors (Lipinski definition) is 1. The van der Waals surface area contributed by atoms with E-state index in [-0.39, 0.29) is 12.2 Å². The topological polar surface area (TPSA) is 41.9 Å². The summed E-state index contributed by atoms with van der Waals surface area (Å²) < 4.78 is 11.9. The molecular formula is C19H37NO3. The van der Waals surface area contributed by atoms with E-state index in [1.54, 1.807) is 0 Å². The van der Waals surface area contributed by atoms with Crippen LogP contribution in [0.5, 0.6) is 0 Å². The number of aliphatic hydroxyl groups excluding tert-OH is 1. The van der Waals surface area contributed by atoms with Crippen molar-refractivity contribution in [3.63, 3.8) is 0 Å². The Bertz CT molecular complexity index is 340. The molecule has 23 heavy (non-hydrogen) atoms. The van der Waals surface area contributed by atoms with Crippen LogP contribution < -0.4 is 0 Å². The van der Waals surface area contributed by atoms with Gasteiger partial charge in [0.25, 0.3) is 0 Å². The summed E-state index contributed by atoms with van der Waals surface area (Å²) in [5.41, 5.74) is 0. The van der Waals surface area contributed by atoms with Crippen molar-refractivity contribution >= 4 is 0 Å². The summed E-state index contributed by atoms with van der Waals surface area (Å²) in [6.07, 6.45) is 4.12. The molecule has 136 valence electrons. The van der Waals surface area contributed by atoms with Crippen LogP contribution >= 0.6 is 0 Å². The van der Waals surface area contributed by atoms with E-state index in [4.69, 9.17) is 9.47 Å². The Labute approximate surface area is 142 Å². The molecule has 0 aromatic rings. The molecule has 0 unspecified atom stereocenters. The van der Waals surface area contributed by atoms with Crippen molar-refractivity contribution in [3.05, 3.63) is 0 Å². The molecular weight excluding hydrogens is 290 g/mol. The van der Waals surface area contributed by atoms with Crippen molar-refractivity contribution in [1.29, 1.82) is 0 Å². The Balaban J connectivity index is 1.77. The smallest absolute Gasteiger partial charge is 0.0900 e. The van der Waals surface area contributed by atoms with Gasteiger partial charge in [-0.2, -0.15) is 0 Å². The Morgan fingerprint density at radius 1 is 1.13 bits per heavy atom. The fourth-order valence-corrected chi connectivity index (χ4v) is 4.33. The first-order chi connectivity index (χ1) is 10.8. The highest BCUT2D eigenvalue weighted by atomic mass is 16.5. The highest BCUT2D eigenvalue weighted by Gasteiger charge is 2.32. The number of nitrogens with zero attached hydrogens (tertiary/aromatic N) is 1. The van der Waals surface area contributed by atoms with Gasteiger partial charge in [0.2, 0.25) is 0 Å². The van der Waals surface area contributed by atoms with E-state index in [2.05, 4.69) is 39.5 Å². The van der Waals surface area contributed by atoms with Gasteiger partial charge in [-0.3, -0.25) is 4.90 Å². The molecule has 6 atom stereocenters. The van der Waals surface area contributed by atoms with Gasteiger partial charge in [0.05, 0.1) is 31.0 Å². The Morgan fingerprint density at radius 2 is 1.78 bits per heavy atom. The normalized spacial score (nSPS) is 38.0. The third kappa shape index (κ3) is 6.00. The van der Waals surface area contributed by atoms with Crippen LogP contribution in [0.3, 0.4) is 0 Å². The number of β-amino-alcohol motifs (C(OH)–C–C–N with tert-alkyl or cyclic N) is 1. The first kappa shape index (κ1) is 19.2. The molecule has 4 nitrogen and oxygen atoms in total. The van der Waals surface area contributed by atoms with Gasteiger partial charge in [0.15, 0.2) is 0 Å². The molecule has 1 N–H and O–H groups in total. The molecule has 4 heteroatoms. The number of aliphatic hydroxyl groups is 1. The second-order valence-electron chi connectivity index (χ2n) is 8.33. The van der Waals surface area contributed by atoms with Gasteiger partial charge < -0.3 is 14.6 Å². The predicted octanol–water partition coefficient (Wildman–Crippen LogP) is 2.93. The highest BCUT2D eigenvalue weighted by molar-refractivity contribution is 4.82. The summed E-state index contributed by atoms with van der Waals surface area (Å²) in [4.78, 5) is 2.30. The second kappa shape index (κ2) is 8.80. The monoisotopic (exact) mass is 327 g/mol. The molecule has 1 aliphatic carbocycles. The van der Waals surface area contributed by atoms with Crippen LogP contribution in [-0.2, 0) is 9.47 Å². The van der Waals surface area contributed by atoms with E-state index < -0.39 is 6.10 Å². The van der Waals surface area contributed by atoms with Gasteiger partial charge in [-0.25, -0.2) is 0 Å². The zero-order valence-electron chi connectivity index (χ0n) is 15.7. The molecule has 1 heterocycles. The molecule has 0 aromatic heterocycles. The van der Waals surface area contributed by atoms with E-state index in [0.717, 1.165) is 25.4 Å². The van der Waals surface area contributed by atoms with Crippen LogP contribution in [-0.4, -0.2) is 60.7 Å². The largest absolute Gasteiger partial charge is 0.389 e. The third-order valence-electron chi connectivity index (χ3n) is 5.43. The minimum absolute atomic E-state index is 0.247. The molecule has 0 spiro atoms. The maximum atomic E-state index is 10.4. The summed E-state index contributed by atoms with van der Waals surface area (Å²) >= 11 is 0. The van der Waals surface area contributed by atoms with Crippen LogP contribution in [0.25, 0.3) is 0 Å². The lowest BCUT2D eigenvalue weighted by Gasteiger charge is -2.38. The zero-order chi connectivity index (χ0) is 17.0. The van der Waals surface area contributed by atoms with E-state index >= 15 is 0 Å². The van der Waals surface area contributed by atoms with Crippen LogP contribution in [0.1, 0.15) is 53.9 Å². The Hall–Kier alpha value is -0.160. The molecule has 0 amide bonds. The summed E-state index contributed by atoms with van der Waals surface area (Å²) in [7, 11) is 0. The average molecular weight is 328 g/mol. The lowest BCUT2D eigenvalue weighted by Crippen LogP contribution is -2.49. The molecule has 0 radical (unpaired) electrons. The molecule has 2 aliphatic rings. The van der Waals surface area contributed by atoms with Gasteiger partial charge in [-0.05, 0) is 44.4 Å². The fourth-order valence-electron chi connectivity index (χ4n) is 4.33. The van der Waals surface area contributed by atoms with Crippen molar-refractivity contribution in [3.8, 4) is 0 Å². The summed E-state index contributed by atoms with van der Waals surface area (Å²) in [6, 6.07) is 0. The van der Waals surface area contributed by atoms with Crippen molar-refractivity contribution in [2.24, 2.45) is 17.8 Å². The first-order valence-electron chi connectivity index (χ1n) is 9.52. The van der Waals surface area contributed by atoms with Crippen molar-refractivity contribution in [1.82, 2.24) is 4.90 Å². The average Bonchev–Trinajstić information content (AvgIpc) is 2.43. The van der Waals surface area contributed by atoms with Gasteiger partial charge in [0.1, 0.15) is 0 Å². The number of rotatable bonds is 6.